The van der Waals surface area contributed by atoms with Crippen LogP contribution in [0, 0.1) is 5.92 Å². The van der Waals surface area contributed by atoms with Crippen molar-refractivity contribution in [2.75, 3.05) is 18.8 Å². The first-order valence-electron chi connectivity index (χ1n) is 5.77. The third-order valence-electron chi connectivity index (χ3n) is 3.01. The lowest BCUT2D eigenvalue weighted by molar-refractivity contribution is 0.404. The molecular formula is C12H16BrNO2S. The highest BCUT2D eigenvalue weighted by Crippen LogP contribution is 2.21. The molecule has 0 spiro atoms. The van der Waals surface area contributed by atoms with Crippen LogP contribution < -0.4 is 5.32 Å². The SMILES string of the molecule is O=S(=O)(C[C@H]1CCCNC1)c1cccc(Br)c1. The highest BCUT2D eigenvalue weighted by molar-refractivity contribution is 9.10. The van der Waals surface area contributed by atoms with Crippen LogP contribution in [-0.2, 0) is 9.84 Å². The van der Waals surface area contributed by atoms with E-state index in [9.17, 15) is 8.42 Å². The Hall–Kier alpha value is -0.390. The molecule has 17 heavy (non-hydrogen) atoms. The van der Waals surface area contributed by atoms with Crippen LogP contribution >= 0.6 is 15.9 Å². The zero-order chi connectivity index (χ0) is 12.3. The molecule has 0 aliphatic carbocycles. The van der Waals surface area contributed by atoms with Crippen LogP contribution in [0.5, 0.6) is 0 Å². The van der Waals surface area contributed by atoms with Crippen molar-refractivity contribution in [1.82, 2.24) is 5.32 Å². The largest absolute Gasteiger partial charge is 0.316 e. The fraction of sp³-hybridized carbons (Fsp3) is 0.500. The van der Waals surface area contributed by atoms with Crippen LogP contribution in [0.1, 0.15) is 12.8 Å². The van der Waals surface area contributed by atoms with Crippen molar-refractivity contribution in [2.24, 2.45) is 5.92 Å². The van der Waals surface area contributed by atoms with Crippen LogP contribution in [-0.4, -0.2) is 27.3 Å². The zero-order valence-electron chi connectivity index (χ0n) is 9.52. The molecule has 0 aromatic heterocycles. The summed E-state index contributed by atoms with van der Waals surface area (Å²) in [6.07, 6.45) is 2.07. The minimum Gasteiger partial charge on any atom is -0.316 e. The van der Waals surface area contributed by atoms with Gasteiger partial charge < -0.3 is 5.32 Å². The Morgan fingerprint density at radius 3 is 2.88 bits per heavy atom. The van der Waals surface area contributed by atoms with E-state index in [1.165, 1.54) is 0 Å². The summed E-state index contributed by atoms with van der Waals surface area (Å²) in [4.78, 5) is 0.414. The second-order valence-electron chi connectivity index (χ2n) is 4.45. The molecule has 1 atom stereocenters. The Morgan fingerprint density at radius 1 is 1.41 bits per heavy atom. The molecule has 2 rings (SSSR count). The summed E-state index contributed by atoms with van der Waals surface area (Å²) in [7, 11) is -3.15. The fourth-order valence-corrected chi connectivity index (χ4v) is 4.37. The van der Waals surface area contributed by atoms with Crippen molar-refractivity contribution in [2.45, 2.75) is 17.7 Å². The van der Waals surface area contributed by atoms with Crippen LogP contribution in [0.25, 0.3) is 0 Å². The third kappa shape index (κ3) is 3.53. The first-order chi connectivity index (χ1) is 8.08. The Kier molecular flexibility index (Phi) is 4.22. The van der Waals surface area contributed by atoms with E-state index in [4.69, 9.17) is 0 Å². The molecule has 1 aliphatic rings. The number of sulfone groups is 1. The topological polar surface area (TPSA) is 46.2 Å². The van der Waals surface area contributed by atoms with Gasteiger partial charge in [-0.3, -0.25) is 0 Å². The molecule has 94 valence electrons. The van der Waals surface area contributed by atoms with Gasteiger partial charge in [-0.15, -0.1) is 0 Å². The molecule has 0 amide bonds. The third-order valence-corrected chi connectivity index (χ3v) is 5.38. The average Bonchev–Trinajstić information content (AvgIpc) is 2.30. The smallest absolute Gasteiger partial charge is 0.178 e. The number of hydrogen-bond donors (Lipinski definition) is 1. The van der Waals surface area contributed by atoms with E-state index in [1.54, 1.807) is 18.2 Å². The van der Waals surface area contributed by atoms with Gasteiger partial charge in [-0.25, -0.2) is 8.42 Å². The maximum atomic E-state index is 12.2. The van der Waals surface area contributed by atoms with Gasteiger partial charge in [0.05, 0.1) is 10.6 Å². The maximum absolute atomic E-state index is 12.2. The van der Waals surface area contributed by atoms with Crippen LogP contribution in [0.4, 0.5) is 0 Å². The molecule has 1 aliphatic heterocycles. The van der Waals surface area contributed by atoms with Crippen molar-refractivity contribution in [3.8, 4) is 0 Å². The predicted octanol–water partition coefficient (Wildman–Crippen LogP) is 2.22. The van der Waals surface area contributed by atoms with Gasteiger partial charge in [0.15, 0.2) is 9.84 Å². The first kappa shape index (κ1) is 13.1. The number of halogens is 1. The van der Waals surface area contributed by atoms with Crippen molar-refractivity contribution in [1.29, 1.82) is 0 Å². The average molecular weight is 318 g/mol. The Bertz CT molecular complexity index is 481. The number of piperidine rings is 1. The quantitative estimate of drug-likeness (QED) is 0.929. The molecule has 1 aromatic rings. The van der Waals surface area contributed by atoms with Gasteiger partial charge in [-0.1, -0.05) is 22.0 Å². The summed E-state index contributed by atoms with van der Waals surface area (Å²) in [6.45, 7) is 1.82. The highest BCUT2D eigenvalue weighted by Gasteiger charge is 2.22. The lowest BCUT2D eigenvalue weighted by atomic mass is 10.0. The standard InChI is InChI=1S/C12H16BrNO2S/c13-11-4-1-5-12(7-11)17(15,16)9-10-3-2-6-14-8-10/h1,4-5,7,10,14H,2-3,6,8-9H2/t10-/m0/s1. The van der Waals surface area contributed by atoms with E-state index >= 15 is 0 Å². The lowest BCUT2D eigenvalue weighted by Gasteiger charge is -2.22. The summed E-state index contributed by atoms with van der Waals surface area (Å²) in [5, 5.41) is 3.25. The molecule has 0 unspecified atom stereocenters. The van der Waals surface area contributed by atoms with Crippen molar-refractivity contribution >= 4 is 25.8 Å². The number of benzene rings is 1. The summed E-state index contributed by atoms with van der Waals surface area (Å²) in [6, 6.07) is 6.93. The van der Waals surface area contributed by atoms with Crippen LogP contribution in [0.3, 0.4) is 0 Å². The van der Waals surface area contributed by atoms with E-state index in [2.05, 4.69) is 21.2 Å². The Balaban J connectivity index is 2.13. The summed E-state index contributed by atoms with van der Waals surface area (Å²) in [5.74, 6) is 0.490. The molecule has 0 saturated carbocycles. The molecule has 1 aromatic carbocycles. The van der Waals surface area contributed by atoms with Crippen LogP contribution in [0.15, 0.2) is 33.6 Å². The highest BCUT2D eigenvalue weighted by atomic mass is 79.9. The minimum atomic E-state index is -3.15. The Labute approximate surface area is 111 Å². The first-order valence-corrected chi connectivity index (χ1v) is 8.21. The maximum Gasteiger partial charge on any atom is 0.178 e. The summed E-state index contributed by atoms with van der Waals surface area (Å²) < 4.78 is 25.2. The molecule has 3 nitrogen and oxygen atoms in total. The van der Waals surface area contributed by atoms with Gasteiger partial charge in [0.1, 0.15) is 0 Å². The fourth-order valence-electron chi connectivity index (χ4n) is 2.13. The monoisotopic (exact) mass is 317 g/mol. The van der Waals surface area contributed by atoms with Gasteiger partial charge in [-0.2, -0.15) is 0 Å². The van der Waals surface area contributed by atoms with Crippen molar-refractivity contribution in [3.05, 3.63) is 28.7 Å². The Morgan fingerprint density at radius 2 is 2.24 bits per heavy atom. The second kappa shape index (κ2) is 5.50. The molecular weight excluding hydrogens is 302 g/mol. The van der Waals surface area contributed by atoms with Gasteiger partial charge in [0.25, 0.3) is 0 Å². The second-order valence-corrected chi connectivity index (χ2v) is 7.40. The van der Waals surface area contributed by atoms with Gasteiger partial charge in [0, 0.05) is 4.47 Å². The number of nitrogens with one attached hydrogen (secondary N) is 1. The molecule has 0 bridgehead atoms. The van der Waals surface area contributed by atoms with E-state index in [0.717, 1.165) is 30.4 Å². The van der Waals surface area contributed by atoms with E-state index in [-0.39, 0.29) is 11.7 Å². The minimum absolute atomic E-state index is 0.243. The van der Waals surface area contributed by atoms with E-state index in [1.807, 2.05) is 6.07 Å². The summed E-state index contributed by atoms with van der Waals surface area (Å²) in [5.41, 5.74) is 0. The normalized spacial score (nSPS) is 21.4. The number of rotatable bonds is 3. The molecule has 1 N–H and O–H groups in total. The van der Waals surface area contributed by atoms with Crippen LogP contribution in [0.2, 0.25) is 0 Å². The van der Waals surface area contributed by atoms with Gasteiger partial charge >= 0.3 is 0 Å². The van der Waals surface area contributed by atoms with E-state index in [0.29, 0.717) is 4.90 Å². The molecule has 1 heterocycles. The number of hydrogen-bond acceptors (Lipinski definition) is 3. The molecule has 0 radical (unpaired) electrons. The van der Waals surface area contributed by atoms with E-state index < -0.39 is 9.84 Å². The van der Waals surface area contributed by atoms with Gasteiger partial charge in [0.2, 0.25) is 0 Å². The van der Waals surface area contributed by atoms with Gasteiger partial charge in [-0.05, 0) is 50.0 Å². The lowest BCUT2D eigenvalue weighted by Crippen LogP contribution is -2.33. The van der Waals surface area contributed by atoms with Crippen molar-refractivity contribution in [3.63, 3.8) is 0 Å². The zero-order valence-corrected chi connectivity index (χ0v) is 11.9. The molecule has 5 heteroatoms. The molecule has 1 saturated heterocycles. The summed E-state index contributed by atoms with van der Waals surface area (Å²) >= 11 is 3.30. The van der Waals surface area contributed by atoms with Crippen molar-refractivity contribution < 1.29 is 8.42 Å². The predicted molar refractivity (Wildman–Crippen MR) is 71.8 cm³/mol. The molecule has 1 fully saturated rings.